The molecule has 0 N–H and O–H groups in total. The molecule has 0 aliphatic carbocycles. The van der Waals surface area contributed by atoms with E-state index in [4.69, 9.17) is 9.15 Å². The third kappa shape index (κ3) is 1.95. The van der Waals surface area contributed by atoms with Crippen molar-refractivity contribution in [3.63, 3.8) is 0 Å². The average Bonchev–Trinajstić information content (AvgIpc) is 2.83. The fourth-order valence-electron chi connectivity index (χ4n) is 1.43. The first-order chi connectivity index (χ1) is 7.83. The molecule has 0 fully saturated rings. The molecule has 0 radical (unpaired) electrons. The fourth-order valence-corrected chi connectivity index (χ4v) is 1.43. The first-order valence-electron chi connectivity index (χ1n) is 4.98. The number of hydrogen-bond donors (Lipinski definition) is 0. The van der Waals surface area contributed by atoms with E-state index in [2.05, 4.69) is 4.98 Å². The minimum absolute atomic E-state index is 0.351. The average molecular weight is 217 g/mol. The standard InChI is InChI=1S/C12H11NO3/c1-2-15-12(14)10-6-4-3-5-9(10)11-7-13-8-16-11/h3-8H,2H2,1H3. The summed E-state index contributed by atoms with van der Waals surface area (Å²) in [6.07, 6.45) is 2.90. The second-order valence-corrected chi connectivity index (χ2v) is 3.13. The molecule has 0 aliphatic rings. The first-order valence-corrected chi connectivity index (χ1v) is 4.98. The van der Waals surface area contributed by atoms with Crippen molar-refractivity contribution in [2.45, 2.75) is 6.92 Å². The molecular formula is C12H11NO3. The van der Waals surface area contributed by atoms with Crippen LogP contribution in [0.3, 0.4) is 0 Å². The van der Waals surface area contributed by atoms with Gasteiger partial charge in [-0.25, -0.2) is 9.78 Å². The summed E-state index contributed by atoms with van der Waals surface area (Å²) in [5, 5.41) is 0. The fraction of sp³-hybridized carbons (Fsp3) is 0.167. The highest BCUT2D eigenvalue weighted by molar-refractivity contribution is 5.96. The van der Waals surface area contributed by atoms with Crippen molar-refractivity contribution in [2.24, 2.45) is 0 Å². The second kappa shape index (κ2) is 4.61. The van der Waals surface area contributed by atoms with Gasteiger partial charge in [-0.2, -0.15) is 0 Å². The van der Waals surface area contributed by atoms with Gasteiger partial charge in [0.2, 0.25) is 0 Å². The van der Waals surface area contributed by atoms with Gasteiger partial charge in [0.15, 0.2) is 12.2 Å². The van der Waals surface area contributed by atoms with Crippen LogP contribution in [0, 0.1) is 0 Å². The molecule has 0 bridgehead atoms. The maximum absolute atomic E-state index is 11.7. The van der Waals surface area contributed by atoms with Crippen molar-refractivity contribution in [3.8, 4) is 11.3 Å². The SMILES string of the molecule is CCOC(=O)c1ccccc1-c1cnco1. The van der Waals surface area contributed by atoms with Gasteiger partial charge >= 0.3 is 5.97 Å². The summed E-state index contributed by atoms with van der Waals surface area (Å²) in [6.45, 7) is 2.12. The lowest BCUT2D eigenvalue weighted by Crippen LogP contribution is -2.05. The lowest BCUT2D eigenvalue weighted by atomic mass is 10.1. The van der Waals surface area contributed by atoms with Crippen molar-refractivity contribution in [1.29, 1.82) is 0 Å². The monoisotopic (exact) mass is 217 g/mol. The smallest absolute Gasteiger partial charge is 0.338 e. The molecule has 0 aliphatic heterocycles. The van der Waals surface area contributed by atoms with E-state index in [-0.39, 0.29) is 5.97 Å². The van der Waals surface area contributed by atoms with Gasteiger partial charge in [0.1, 0.15) is 0 Å². The van der Waals surface area contributed by atoms with E-state index in [1.165, 1.54) is 6.39 Å². The topological polar surface area (TPSA) is 52.3 Å². The van der Waals surface area contributed by atoms with E-state index in [1.54, 1.807) is 31.3 Å². The van der Waals surface area contributed by atoms with E-state index < -0.39 is 0 Å². The van der Waals surface area contributed by atoms with E-state index in [9.17, 15) is 4.79 Å². The van der Waals surface area contributed by atoms with Crippen molar-refractivity contribution in [2.75, 3.05) is 6.61 Å². The highest BCUT2D eigenvalue weighted by atomic mass is 16.5. The molecule has 1 heterocycles. The molecule has 0 amide bonds. The van der Waals surface area contributed by atoms with Crippen LogP contribution >= 0.6 is 0 Å². The number of ether oxygens (including phenoxy) is 1. The minimum atomic E-state index is -0.352. The summed E-state index contributed by atoms with van der Waals surface area (Å²) in [6, 6.07) is 7.12. The Morgan fingerprint density at radius 1 is 1.44 bits per heavy atom. The molecule has 0 spiro atoms. The molecule has 2 aromatic rings. The second-order valence-electron chi connectivity index (χ2n) is 3.13. The van der Waals surface area contributed by atoms with E-state index in [0.29, 0.717) is 23.5 Å². The molecule has 0 unspecified atom stereocenters. The zero-order valence-electron chi connectivity index (χ0n) is 8.84. The predicted octanol–water partition coefficient (Wildman–Crippen LogP) is 2.52. The third-order valence-electron chi connectivity index (χ3n) is 2.12. The number of oxazole rings is 1. The molecule has 0 saturated carbocycles. The van der Waals surface area contributed by atoms with Gasteiger partial charge < -0.3 is 9.15 Å². The Hall–Kier alpha value is -2.10. The zero-order valence-corrected chi connectivity index (χ0v) is 8.84. The van der Waals surface area contributed by atoms with Crippen molar-refractivity contribution >= 4 is 5.97 Å². The van der Waals surface area contributed by atoms with E-state index in [0.717, 1.165) is 0 Å². The Balaban J connectivity index is 2.42. The predicted molar refractivity (Wildman–Crippen MR) is 57.9 cm³/mol. The van der Waals surface area contributed by atoms with Crippen molar-refractivity contribution in [3.05, 3.63) is 42.4 Å². The maximum Gasteiger partial charge on any atom is 0.338 e. The van der Waals surface area contributed by atoms with Gasteiger partial charge in [0.05, 0.1) is 18.4 Å². The Labute approximate surface area is 92.9 Å². The summed E-state index contributed by atoms with van der Waals surface area (Å²) >= 11 is 0. The number of benzene rings is 1. The van der Waals surface area contributed by atoms with Crippen LogP contribution < -0.4 is 0 Å². The third-order valence-corrected chi connectivity index (χ3v) is 2.12. The summed E-state index contributed by atoms with van der Waals surface area (Å²) in [7, 11) is 0. The lowest BCUT2D eigenvalue weighted by Gasteiger charge is -2.05. The number of carbonyl (C=O) groups excluding carboxylic acids is 1. The molecule has 4 heteroatoms. The maximum atomic E-state index is 11.7. The number of nitrogens with zero attached hydrogens (tertiary/aromatic N) is 1. The van der Waals surface area contributed by atoms with Crippen LogP contribution in [-0.2, 0) is 4.74 Å². The van der Waals surface area contributed by atoms with Crippen LogP contribution in [0.1, 0.15) is 17.3 Å². The van der Waals surface area contributed by atoms with Crippen molar-refractivity contribution < 1.29 is 13.9 Å². The highest BCUT2D eigenvalue weighted by Gasteiger charge is 2.14. The summed E-state index contributed by atoms with van der Waals surface area (Å²) < 4.78 is 10.1. The van der Waals surface area contributed by atoms with Gasteiger partial charge in [0.25, 0.3) is 0 Å². The van der Waals surface area contributed by atoms with E-state index >= 15 is 0 Å². The van der Waals surface area contributed by atoms with Gasteiger partial charge in [-0.05, 0) is 13.0 Å². The summed E-state index contributed by atoms with van der Waals surface area (Å²) in [5.41, 5.74) is 1.18. The Bertz CT molecular complexity index is 477. The van der Waals surface area contributed by atoms with Crippen LogP contribution in [0.4, 0.5) is 0 Å². The number of rotatable bonds is 3. The van der Waals surface area contributed by atoms with Crippen LogP contribution in [0.5, 0.6) is 0 Å². The highest BCUT2D eigenvalue weighted by Crippen LogP contribution is 2.23. The lowest BCUT2D eigenvalue weighted by molar-refractivity contribution is 0.0527. The Morgan fingerprint density at radius 3 is 2.94 bits per heavy atom. The normalized spacial score (nSPS) is 10.1. The quantitative estimate of drug-likeness (QED) is 0.741. The molecule has 1 aromatic heterocycles. The molecule has 82 valence electrons. The zero-order chi connectivity index (χ0) is 11.4. The minimum Gasteiger partial charge on any atom is -0.462 e. The molecule has 4 nitrogen and oxygen atoms in total. The van der Waals surface area contributed by atoms with Crippen molar-refractivity contribution in [1.82, 2.24) is 4.98 Å². The summed E-state index contributed by atoms with van der Waals surface area (Å²) in [4.78, 5) is 15.5. The number of esters is 1. The van der Waals surface area contributed by atoms with Gasteiger partial charge in [-0.1, -0.05) is 18.2 Å². The molecule has 2 rings (SSSR count). The molecule has 0 saturated heterocycles. The van der Waals surface area contributed by atoms with Crippen LogP contribution in [0.25, 0.3) is 11.3 Å². The largest absolute Gasteiger partial charge is 0.462 e. The number of aromatic nitrogens is 1. The van der Waals surface area contributed by atoms with Gasteiger partial charge in [-0.15, -0.1) is 0 Å². The van der Waals surface area contributed by atoms with Crippen LogP contribution in [-0.4, -0.2) is 17.6 Å². The molecule has 1 aromatic carbocycles. The summed E-state index contributed by atoms with van der Waals surface area (Å²) in [5.74, 6) is 0.207. The molecule has 0 atom stereocenters. The number of carbonyl (C=O) groups is 1. The van der Waals surface area contributed by atoms with Crippen LogP contribution in [0.15, 0.2) is 41.3 Å². The van der Waals surface area contributed by atoms with Gasteiger partial charge in [-0.3, -0.25) is 0 Å². The van der Waals surface area contributed by atoms with Crippen LogP contribution in [0.2, 0.25) is 0 Å². The van der Waals surface area contributed by atoms with E-state index in [1.807, 2.05) is 6.07 Å². The first kappa shape index (κ1) is 10.4. The Kier molecular flexibility index (Phi) is 3.00. The molecule has 16 heavy (non-hydrogen) atoms. The number of hydrogen-bond acceptors (Lipinski definition) is 4. The Morgan fingerprint density at radius 2 is 2.25 bits per heavy atom. The van der Waals surface area contributed by atoms with Gasteiger partial charge in [0, 0.05) is 5.56 Å². The molecular weight excluding hydrogens is 206 g/mol.